The molecule has 0 saturated heterocycles. The van der Waals surface area contributed by atoms with E-state index in [0.29, 0.717) is 25.7 Å². The van der Waals surface area contributed by atoms with Crippen LogP contribution in [-0.2, 0) is 65.4 Å². The monoisotopic (exact) mass is 1400 g/mol. The quantitative estimate of drug-likeness (QED) is 0.0222. The molecule has 0 bridgehead atoms. The van der Waals surface area contributed by atoms with E-state index in [4.69, 9.17) is 37.0 Å². The third-order valence-electron chi connectivity index (χ3n) is 18.1. The fraction of sp³-hybridized carbons (Fsp3) is 0.947. The SMILES string of the molecule is CCCCCCCCCCCCCCCCCCCCC(=O)OC[C@H](COP(=O)(O)OC[C@@H](O)COP(=O)(O)OC[C@@H](COC(=O)CCCCCCC)OC(=O)CCCCCCCCCCCCC(C)CC)OC(=O)CCCCCCCCCCCCCCCCCC(C)C. The zero-order valence-electron chi connectivity index (χ0n) is 62.0. The lowest BCUT2D eigenvalue weighted by Gasteiger charge is -2.21. The Morgan fingerprint density at radius 3 is 0.800 bits per heavy atom. The number of phosphoric ester groups is 2. The van der Waals surface area contributed by atoms with Crippen LogP contribution in [0, 0.1) is 11.8 Å². The Hall–Kier alpha value is -1.94. The van der Waals surface area contributed by atoms with Gasteiger partial charge in [0.15, 0.2) is 12.2 Å². The van der Waals surface area contributed by atoms with E-state index in [1.807, 2.05) is 0 Å². The molecule has 564 valence electrons. The highest BCUT2D eigenvalue weighted by Crippen LogP contribution is 2.45. The number of hydrogen-bond donors (Lipinski definition) is 3. The van der Waals surface area contributed by atoms with Crippen molar-refractivity contribution in [2.45, 2.75) is 413 Å². The first-order chi connectivity index (χ1) is 45.9. The van der Waals surface area contributed by atoms with E-state index in [9.17, 15) is 43.2 Å². The molecule has 95 heavy (non-hydrogen) atoms. The summed E-state index contributed by atoms with van der Waals surface area (Å²) in [6.45, 7) is 9.56. The zero-order valence-corrected chi connectivity index (χ0v) is 63.8. The van der Waals surface area contributed by atoms with Gasteiger partial charge in [-0.05, 0) is 37.5 Å². The number of hydrogen-bond acceptors (Lipinski definition) is 15. The highest BCUT2D eigenvalue weighted by Gasteiger charge is 2.30. The first-order valence-corrected chi connectivity index (χ1v) is 42.5. The lowest BCUT2D eigenvalue weighted by atomic mass is 9.99. The molecule has 0 heterocycles. The molecule has 0 aliphatic heterocycles. The highest BCUT2D eigenvalue weighted by atomic mass is 31.2. The van der Waals surface area contributed by atoms with Gasteiger partial charge in [0.05, 0.1) is 26.4 Å². The molecule has 0 aromatic rings. The van der Waals surface area contributed by atoms with E-state index in [-0.39, 0.29) is 25.7 Å². The van der Waals surface area contributed by atoms with E-state index >= 15 is 0 Å². The van der Waals surface area contributed by atoms with Gasteiger partial charge in [0.1, 0.15) is 19.3 Å². The normalized spacial score (nSPS) is 14.3. The van der Waals surface area contributed by atoms with Crippen LogP contribution in [0.1, 0.15) is 395 Å². The van der Waals surface area contributed by atoms with Crippen molar-refractivity contribution in [3.8, 4) is 0 Å². The summed E-state index contributed by atoms with van der Waals surface area (Å²) in [6, 6.07) is 0. The number of carbonyl (C=O) groups excluding carboxylic acids is 4. The van der Waals surface area contributed by atoms with Crippen molar-refractivity contribution >= 4 is 39.5 Å². The molecule has 3 unspecified atom stereocenters. The lowest BCUT2D eigenvalue weighted by Crippen LogP contribution is -2.30. The molecule has 0 radical (unpaired) electrons. The Morgan fingerprint density at radius 2 is 0.537 bits per heavy atom. The van der Waals surface area contributed by atoms with Crippen molar-refractivity contribution in [1.29, 1.82) is 0 Å². The van der Waals surface area contributed by atoms with Gasteiger partial charge >= 0.3 is 39.5 Å². The van der Waals surface area contributed by atoms with Crippen molar-refractivity contribution in [2.24, 2.45) is 11.8 Å². The lowest BCUT2D eigenvalue weighted by molar-refractivity contribution is -0.161. The maximum atomic E-state index is 13.1. The van der Waals surface area contributed by atoms with Crippen LogP contribution in [0.25, 0.3) is 0 Å². The van der Waals surface area contributed by atoms with Gasteiger partial charge in [0, 0.05) is 25.7 Å². The minimum atomic E-state index is -4.96. The molecular formula is C76H148O17P2. The van der Waals surface area contributed by atoms with Crippen LogP contribution in [0.2, 0.25) is 0 Å². The molecule has 3 N–H and O–H groups in total. The first-order valence-electron chi connectivity index (χ1n) is 39.5. The second kappa shape index (κ2) is 67.9. The molecule has 0 aromatic heterocycles. The van der Waals surface area contributed by atoms with Gasteiger partial charge < -0.3 is 33.8 Å². The maximum Gasteiger partial charge on any atom is 0.472 e. The molecule has 17 nitrogen and oxygen atoms in total. The number of aliphatic hydroxyl groups is 1. The predicted molar refractivity (Wildman–Crippen MR) is 386 cm³/mol. The van der Waals surface area contributed by atoms with E-state index in [2.05, 4.69) is 41.5 Å². The molecule has 6 atom stereocenters. The molecule has 0 aromatic carbocycles. The summed E-state index contributed by atoms with van der Waals surface area (Å²) in [6.07, 6.45) is 55.9. The van der Waals surface area contributed by atoms with Gasteiger partial charge in [-0.1, -0.05) is 343 Å². The number of esters is 4. The summed E-state index contributed by atoms with van der Waals surface area (Å²) in [5.74, 6) is -0.521. The van der Waals surface area contributed by atoms with Crippen LogP contribution in [0.5, 0.6) is 0 Å². The highest BCUT2D eigenvalue weighted by molar-refractivity contribution is 7.47. The topological polar surface area (TPSA) is 237 Å². The van der Waals surface area contributed by atoms with Crippen molar-refractivity contribution in [2.75, 3.05) is 39.6 Å². The number of rotatable bonds is 75. The van der Waals surface area contributed by atoms with Crippen LogP contribution < -0.4 is 0 Å². The summed E-state index contributed by atoms with van der Waals surface area (Å²) in [5.41, 5.74) is 0. The molecule has 0 saturated carbocycles. The average molecular weight is 1400 g/mol. The van der Waals surface area contributed by atoms with Gasteiger partial charge in [0.2, 0.25) is 0 Å². The van der Waals surface area contributed by atoms with Gasteiger partial charge in [-0.15, -0.1) is 0 Å². The smallest absolute Gasteiger partial charge is 0.462 e. The second-order valence-electron chi connectivity index (χ2n) is 28.1. The summed E-state index contributed by atoms with van der Waals surface area (Å²) >= 11 is 0. The fourth-order valence-corrected chi connectivity index (χ4v) is 13.2. The number of ether oxygens (including phenoxy) is 4. The van der Waals surface area contributed by atoms with Crippen LogP contribution in [0.4, 0.5) is 0 Å². The minimum absolute atomic E-state index is 0.105. The van der Waals surface area contributed by atoms with Gasteiger partial charge in [-0.25, -0.2) is 9.13 Å². The van der Waals surface area contributed by atoms with Crippen molar-refractivity contribution in [1.82, 2.24) is 0 Å². The number of unbranched alkanes of at least 4 members (excludes halogenated alkanes) is 44. The Balaban J connectivity index is 5.14. The molecule has 0 aliphatic carbocycles. The van der Waals surface area contributed by atoms with E-state index in [0.717, 1.165) is 108 Å². The van der Waals surface area contributed by atoms with Gasteiger partial charge in [-0.2, -0.15) is 0 Å². The van der Waals surface area contributed by atoms with Crippen molar-refractivity contribution in [3.05, 3.63) is 0 Å². The van der Waals surface area contributed by atoms with Crippen LogP contribution in [0.3, 0.4) is 0 Å². The minimum Gasteiger partial charge on any atom is -0.462 e. The standard InChI is InChI=1S/C76H148O17P2/c1-7-10-12-14-15-16-17-18-19-20-21-24-27-30-36-41-47-53-59-74(79)87-65-72(93-76(81)60-54-48-42-37-31-28-25-22-23-26-29-34-39-45-50-56-68(4)5)67-91-95(84,85)89-63-70(77)62-88-94(82,83)90-66-71(64-86-73(78)58-52-44-13-11-8-2)92-75(80)61-55-49-43-38-33-32-35-40-46-51-57-69(6)9-3/h68-72,77H,7-67H2,1-6H3,(H,82,83)(H,84,85)/t69?,70-,71+,72+/m0/s1. The molecule has 0 aliphatic rings. The number of carbonyl (C=O) groups is 4. The van der Waals surface area contributed by atoms with E-state index in [1.165, 1.54) is 205 Å². The number of phosphoric acid groups is 2. The van der Waals surface area contributed by atoms with E-state index in [1.54, 1.807) is 0 Å². The third-order valence-corrected chi connectivity index (χ3v) is 20.0. The summed E-state index contributed by atoms with van der Waals surface area (Å²) < 4.78 is 68.3. The largest absolute Gasteiger partial charge is 0.472 e. The first kappa shape index (κ1) is 93.1. The number of aliphatic hydroxyl groups excluding tert-OH is 1. The second-order valence-corrected chi connectivity index (χ2v) is 31.0. The van der Waals surface area contributed by atoms with E-state index < -0.39 is 97.5 Å². The molecule has 0 spiro atoms. The molecule has 0 amide bonds. The third kappa shape index (κ3) is 69.0. The molecular weight excluding hydrogens is 1250 g/mol. The maximum absolute atomic E-state index is 13.1. The van der Waals surface area contributed by atoms with Crippen molar-refractivity contribution in [3.63, 3.8) is 0 Å². The fourth-order valence-electron chi connectivity index (χ4n) is 11.6. The van der Waals surface area contributed by atoms with Gasteiger partial charge in [0.25, 0.3) is 0 Å². The summed E-state index contributed by atoms with van der Waals surface area (Å²) in [7, 11) is -9.90. The zero-order chi connectivity index (χ0) is 70.0. The average Bonchev–Trinajstić information content (AvgIpc) is 1.77. The molecule has 0 rings (SSSR count). The Morgan fingerprint density at radius 1 is 0.305 bits per heavy atom. The summed E-state index contributed by atoms with van der Waals surface area (Å²) in [4.78, 5) is 72.5. The molecule has 19 heteroatoms. The Bertz CT molecular complexity index is 1840. The predicted octanol–water partition coefficient (Wildman–Crippen LogP) is 22.3. The van der Waals surface area contributed by atoms with Crippen LogP contribution >= 0.6 is 15.6 Å². The van der Waals surface area contributed by atoms with Gasteiger partial charge in [-0.3, -0.25) is 37.3 Å². The molecule has 0 fully saturated rings. The Labute approximate surface area is 581 Å². The Kier molecular flexibility index (Phi) is 66.5. The van der Waals surface area contributed by atoms with Crippen LogP contribution in [-0.4, -0.2) is 96.7 Å². The summed E-state index contributed by atoms with van der Waals surface area (Å²) in [5, 5.41) is 10.6. The van der Waals surface area contributed by atoms with Crippen molar-refractivity contribution < 1.29 is 80.2 Å². The van der Waals surface area contributed by atoms with Crippen LogP contribution in [0.15, 0.2) is 0 Å².